The van der Waals surface area contributed by atoms with Crippen LogP contribution in [0.1, 0.15) is 41.3 Å². The van der Waals surface area contributed by atoms with Gasteiger partial charge in [-0.2, -0.15) is 5.10 Å². The van der Waals surface area contributed by atoms with Crippen molar-refractivity contribution in [2.45, 2.75) is 39.2 Å². The number of benzene rings is 2. The summed E-state index contributed by atoms with van der Waals surface area (Å²) in [5.41, 5.74) is 7.09. The van der Waals surface area contributed by atoms with Gasteiger partial charge in [-0.3, -0.25) is 4.90 Å². The van der Waals surface area contributed by atoms with Crippen molar-refractivity contribution >= 4 is 0 Å². The average Bonchev–Trinajstić information content (AvgIpc) is 3.41. The zero-order valence-electron chi connectivity index (χ0n) is 19.1. The van der Waals surface area contributed by atoms with Crippen LogP contribution < -0.4 is 0 Å². The molecule has 6 heteroatoms. The van der Waals surface area contributed by atoms with Crippen LogP contribution in [0.2, 0.25) is 0 Å². The SMILES string of the molecule is Cc1ccc(-n2cc(CN3CCC[C@@H](c4nncn4C)C3)c(-c3cccc(C)c3)n2)cc1. The summed E-state index contributed by atoms with van der Waals surface area (Å²) in [6.45, 7) is 7.22. The van der Waals surface area contributed by atoms with Gasteiger partial charge in [0.1, 0.15) is 12.2 Å². The third kappa shape index (κ3) is 4.23. The van der Waals surface area contributed by atoms with Gasteiger partial charge in [-0.1, -0.05) is 41.5 Å². The van der Waals surface area contributed by atoms with Crippen LogP contribution in [-0.2, 0) is 13.6 Å². The van der Waals surface area contributed by atoms with Crippen LogP contribution >= 0.6 is 0 Å². The molecule has 1 saturated heterocycles. The van der Waals surface area contributed by atoms with E-state index in [9.17, 15) is 0 Å². The smallest absolute Gasteiger partial charge is 0.136 e. The lowest BCUT2D eigenvalue weighted by atomic mass is 9.96. The van der Waals surface area contributed by atoms with E-state index in [0.717, 1.165) is 43.3 Å². The van der Waals surface area contributed by atoms with E-state index < -0.39 is 0 Å². The minimum Gasteiger partial charge on any atom is -0.320 e. The number of rotatable bonds is 5. The van der Waals surface area contributed by atoms with Crippen LogP contribution in [-0.4, -0.2) is 42.5 Å². The number of aryl methyl sites for hydroxylation is 3. The highest BCUT2D eigenvalue weighted by Crippen LogP contribution is 2.30. The highest BCUT2D eigenvalue weighted by molar-refractivity contribution is 5.64. The van der Waals surface area contributed by atoms with Crippen molar-refractivity contribution in [1.82, 2.24) is 29.4 Å². The van der Waals surface area contributed by atoms with E-state index >= 15 is 0 Å². The predicted molar refractivity (Wildman–Crippen MR) is 127 cm³/mol. The molecule has 6 nitrogen and oxygen atoms in total. The van der Waals surface area contributed by atoms with Gasteiger partial charge in [0.25, 0.3) is 0 Å². The first kappa shape index (κ1) is 20.6. The Balaban J connectivity index is 1.46. The molecular weight excluding hydrogens is 396 g/mol. The molecule has 1 aliphatic rings. The number of likely N-dealkylation sites (tertiary alicyclic amines) is 1. The quantitative estimate of drug-likeness (QED) is 0.466. The Bertz CT molecular complexity index is 1200. The molecule has 0 saturated carbocycles. The Morgan fingerprint density at radius 2 is 1.88 bits per heavy atom. The Kier molecular flexibility index (Phi) is 5.62. The molecule has 0 amide bonds. The molecule has 4 aromatic rings. The standard InChI is InChI=1S/C26H30N6/c1-19-9-11-24(12-10-19)32-17-23(25(29-32)21-7-4-6-20(2)14-21)16-31-13-5-8-22(15-31)26-28-27-18-30(26)3/h4,6-7,9-12,14,17-18,22H,5,8,13,15-16H2,1-3H3/t22-/m1/s1. The van der Waals surface area contributed by atoms with Gasteiger partial charge in [0, 0.05) is 43.4 Å². The average molecular weight is 427 g/mol. The highest BCUT2D eigenvalue weighted by atomic mass is 15.3. The van der Waals surface area contributed by atoms with Gasteiger partial charge in [-0.25, -0.2) is 4.68 Å². The lowest BCUT2D eigenvalue weighted by Crippen LogP contribution is -2.34. The van der Waals surface area contributed by atoms with E-state index in [1.54, 1.807) is 6.33 Å². The van der Waals surface area contributed by atoms with Gasteiger partial charge in [0.2, 0.25) is 0 Å². The Hall–Kier alpha value is -3.25. The van der Waals surface area contributed by atoms with Crippen LogP contribution in [0.25, 0.3) is 16.9 Å². The van der Waals surface area contributed by atoms with Crippen molar-refractivity contribution < 1.29 is 0 Å². The van der Waals surface area contributed by atoms with Crippen molar-refractivity contribution in [1.29, 1.82) is 0 Å². The molecule has 2 aromatic carbocycles. The maximum absolute atomic E-state index is 5.03. The summed E-state index contributed by atoms with van der Waals surface area (Å²) in [6, 6.07) is 17.2. The molecule has 0 bridgehead atoms. The lowest BCUT2D eigenvalue weighted by molar-refractivity contribution is 0.195. The maximum atomic E-state index is 5.03. The van der Waals surface area contributed by atoms with E-state index in [4.69, 9.17) is 5.10 Å². The molecule has 0 unspecified atom stereocenters. The largest absolute Gasteiger partial charge is 0.320 e. The zero-order valence-corrected chi connectivity index (χ0v) is 19.1. The second kappa shape index (κ2) is 8.71. The highest BCUT2D eigenvalue weighted by Gasteiger charge is 2.26. The molecule has 164 valence electrons. The summed E-state index contributed by atoms with van der Waals surface area (Å²) in [5.74, 6) is 1.51. The Morgan fingerprint density at radius 1 is 1.03 bits per heavy atom. The number of piperidine rings is 1. The van der Waals surface area contributed by atoms with Gasteiger partial charge in [-0.05, 0) is 51.4 Å². The topological polar surface area (TPSA) is 51.8 Å². The molecule has 5 rings (SSSR count). The first-order valence-corrected chi connectivity index (χ1v) is 11.4. The molecule has 1 aliphatic heterocycles. The first-order chi connectivity index (χ1) is 15.6. The van der Waals surface area contributed by atoms with Gasteiger partial charge in [0.05, 0.1) is 11.4 Å². The Morgan fingerprint density at radius 3 is 2.62 bits per heavy atom. The molecule has 0 radical (unpaired) electrons. The van der Waals surface area contributed by atoms with Crippen molar-refractivity contribution in [3.05, 3.63) is 83.6 Å². The third-order valence-electron chi connectivity index (χ3n) is 6.39. The van der Waals surface area contributed by atoms with Gasteiger partial charge >= 0.3 is 0 Å². The summed E-state index contributed by atoms with van der Waals surface area (Å²) in [6.07, 6.45) is 6.34. The van der Waals surface area contributed by atoms with Crippen molar-refractivity contribution in [2.24, 2.45) is 7.05 Å². The fraction of sp³-hybridized carbons (Fsp3) is 0.346. The minimum atomic E-state index is 0.422. The summed E-state index contributed by atoms with van der Waals surface area (Å²) in [5, 5.41) is 13.5. The fourth-order valence-electron chi connectivity index (χ4n) is 4.70. The molecule has 32 heavy (non-hydrogen) atoms. The van der Waals surface area contributed by atoms with Crippen molar-refractivity contribution in [3.63, 3.8) is 0 Å². The molecule has 0 N–H and O–H groups in total. The summed E-state index contributed by atoms with van der Waals surface area (Å²) in [4.78, 5) is 2.54. The van der Waals surface area contributed by atoms with Crippen molar-refractivity contribution in [2.75, 3.05) is 13.1 Å². The van der Waals surface area contributed by atoms with Crippen LogP contribution in [0.4, 0.5) is 0 Å². The van der Waals surface area contributed by atoms with E-state index in [1.807, 2.05) is 11.7 Å². The molecule has 1 fully saturated rings. The van der Waals surface area contributed by atoms with E-state index in [-0.39, 0.29) is 0 Å². The lowest BCUT2D eigenvalue weighted by Gasteiger charge is -2.32. The zero-order chi connectivity index (χ0) is 22.1. The summed E-state index contributed by atoms with van der Waals surface area (Å²) < 4.78 is 4.08. The fourth-order valence-corrected chi connectivity index (χ4v) is 4.70. The number of hydrogen-bond acceptors (Lipinski definition) is 4. The van der Waals surface area contributed by atoms with Crippen LogP contribution in [0, 0.1) is 13.8 Å². The van der Waals surface area contributed by atoms with Gasteiger partial charge in [-0.15, -0.1) is 10.2 Å². The molecule has 1 atom stereocenters. The molecular formula is C26H30N6. The number of nitrogens with zero attached hydrogens (tertiary/aromatic N) is 6. The maximum Gasteiger partial charge on any atom is 0.136 e. The van der Waals surface area contributed by atoms with Crippen LogP contribution in [0.5, 0.6) is 0 Å². The third-order valence-corrected chi connectivity index (χ3v) is 6.39. The van der Waals surface area contributed by atoms with E-state index in [1.165, 1.54) is 28.7 Å². The molecule has 2 aromatic heterocycles. The normalized spacial score (nSPS) is 17.0. The first-order valence-electron chi connectivity index (χ1n) is 11.4. The number of aromatic nitrogens is 5. The molecule has 0 spiro atoms. The minimum absolute atomic E-state index is 0.422. The molecule has 0 aliphatic carbocycles. The predicted octanol–water partition coefficient (Wildman–Crippen LogP) is 4.66. The second-order valence-corrected chi connectivity index (χ2v) is 9.03. The van der Waals surface area contributed by atoms with Gasteiger partial charge in [0.15, 0.2) is 0 Å². The summed E-state index contributed by atoms with van der Waals surface area (Å²) >= 11 is 0. The van der Waals surface area contributed by atoms with Crippen LogP contribution in [0.3, 0.4) is 0 Å². The van der Waals surface area contributed by atoms with Gasteiger partial charge < -0.3 is 4.57 Å². The monoisotopic (exact) mass is 426 g/mol. The van der Waals surface area contributed by atoms with Crippen LogP contribution in [0.15, 0.2) is 61.1 Å². The van der Waals surface area contributed by atoms with Crippen molar-refractivity contribution in [3.8, 4) is 16.9 Å². The number of hydrogen-bond donors (Lipinski definition) is 0. The second-order valence-electron chi connectivity index (χ2n) is 9.03. The molecule has 3 heterocycles. The summed E-state index contributed by atoms with van der Waals surface area (Å²) in [7, 11) is 2.04. The Labute approximate surface area is 189 Å². The van der Waals surface area contributed by atoms with E-state index in [2.05, 4.69) is 88.2 Å². The van der Waals surface area contributed by atoms with E-state index in [0.29, 0.717) is 5.92 Å².